The highest BCUT2D eigenvalue weighted by atomic mass is 15.3. The van der Waals surface area contributed by atoms with Gasteiger partial charge in [0.05, 0.1) is 0 Å². The lowest BCUT2D eigenvalue weighted by Crippen LogP contribution is -2.52. The maximum Gasteiger partial charge on any atom is 0.0235 e. The van der Waals surface area contributed by atoms with Gasteiger partial charge in [0.25, 0.3) is 0 Å². The molecule has 2 atom stereocenters. The van der Waals surface area contributed by atoms with Crippen LogP contribution in [0.15, 0.2) is 0 Å². The molecule has 0 bridgehead atoms. The van der Waals surface area contributed by atoms with Gasteiger partial charge in [0.15, 0.2) is 0 Å². The van der Waals surface area contributed by atoms with Crippen LogP contribution in [0.1, 0.15) is 20.3 Å². The number of hydrogen-bond acceptors (Lipinski definition) is 3. The van der Waals surface area contributed by atoms with Crippen LogP contribution in [-0.4, -0.2) is 55.6 Å². The van der Waals surface area contributed by atoms with Gasteiger partial charge in [-0.3, -0.25) is 0 Å². The molecule has 1 aliphatic heterocycles. The Bertz CT molecular complexity index is 170. The Morgan fingerprint density at radius 3 is 2.50 bits per heavy atom. The molecule has 0 spiro atoms. The number of likely N-dealkylation sites (N-methyl/N-ethyl adjacent to an activating group) is 2. The molecule has 0 saturated carbocycles. The van der Waals surface area contributed by atoms with Gasteiger partial charge in [-0.2, -0.15) is 0 Å². The fraction of sp³-hybridized carbons (Fsp3) is 1.00. The number of piperazine rings is 1. The second-order valence-electron chi connectivity index (χ2n) is 5.04. The van der Waals surface area contributed by atoms with Crippen LogP contribution in [-0.2, 0) is 0 Å². The molecule has 0 aromatic rings. The molecule has 14 heavy (non-hydrogen) atoms. The van der Waals surface area contributed by atoms with Gasteiger partial charge in [0.1, 0.15) is 0 Å². The van der Waals surface area contributed by atoms with Crippen LogP contribution in [0.3, 0.4) is 0 Å². The van der Waals surface area contributed by atoms with Crippen LogP contribution in [0.25, 0.3) is 0 Å². The van der Waals surface area contributed by atoms with Crippen molar-refractivity contribution in [3.8, 4) is 0 Å². The maximum absolute atomic E-state index is 6.11. The Morgan fingerprint density at radius 1 is 1.29 bits per heavy atom. The Kier molecular flexibility index (Phi) is 4.35. The normalized spacial score (nSPS) is 28.3. The predicted octanol–water partition coefficient (Wildman–Crippen LogP) is 0.606. The van der Waals surface area contributed by atoms with Crippen molar-refractivity contribution in [1.29, 1.82) is 0 Å². The summed E-state index contributed by atoms with van der Waals surface area (Å²) in [6.45, 7) is 7.93. The topological polar surface area (TPSA) is 32.5 Å². The Balaban J connectivity index is 2.41. The highest BCUT2D eigenvalue weighted by molar-refractivity contribution is 4.82. The molecule has 0 amide bonds. The van der Waals surface area contributed by atoms with Crippen LogP contribution < -0.4 is 5.73 Å². The fourth-order valence-corrected chi connectivity index (χ4v) is 1.94. The molecule has 3 nitrogen and oxygen atoms in total. The van der Waals surface area contributed by atoms with Gasteiger partial charge in [-0.15, -0.1) is 0 Å². The van der Waals surface area contributed by atoms with Crippen molar-refractivity contribution < 1.29 is 0 Å². The average molecular weight is 199 g/mol. The van der Waals surface area contributed by atoms with Crippen molar-refractivity contribution in [2.45, 2.75) is 32.4 Å². The van der Waals surface area contributed by atoms with Gasteiger partial charge in [-0.25, -0.2) is 0 Å². The molecule has 84 valence electrons. The number of rotatable bonds is 3. The lowest BCUT2D eigenvalue weighted by Gasteiger charge is -2.39. The van der Waals surface area contributed by atoms with Gasteiger partial charge in [-0.1, -0.05) is 13.8 Å². The zero-order valence-corrected chi connectivity index (χ0v) is 10.0. The standard InChI is InChI=1S/C11H25N3/c1-9(2)11(12)7-10-8-13(3)5-6-14(10)4/h9-11H,5-8,12H2,1-4H3. The third kappa shape index (κ3) is 3.23. The maximum atomic E-state index is 6.11. The first-order chi connectivity index (χ1) is 6.50. The summed E-state index contributed by atoms with van der Waals surface area (Å²) >= 11 is 0. The molecule has 0 aromatic heterocycles. The van der Waals surface area contributed by atoms with E-state index in [4.69, 9.17) is 5.73 Å². The number of nitrogens with zero attached hydrogens (tertiary/aromatic N) is 2. The Morgan fingerprint density at radius 2 is 1.93 bits per heavy atom. The van der Waals surface area contributed by atoms with Gasteiger partial charge in [0, 0.05) is 31.7 Å². The molecular formula is C11H25N3. The summed E-state index contributed by atoms with van der Waals surface area (Å²) in [5, 5.41) is 0. The summed E-state index contributed by atoms with van der Waals surface area (Å²) in [5.41, 5.74) is 6.11. The largest absolute Gasteiger partial charge is 0.327 e. The predicted molar refractivity (Wildman–Crippen MR) is 61.3 cm³/mol. The molecule has 1 fully saturated rings. The van der Waals surface area contributed by atoms with E-state index >= 15 is 0 Å². The lowest BCUT2D eigenvalue weighted by atomic mass is 9.96. The van der Waals surface area contributed by atoms with Gasteiger partial charge in [0.2, 0.25) is 0 Å². The summed E-state index contributed by atoms with van der Waals surface area (Å²) in [4.78, 5) is 4.85. The molecule has 1 aliphatic rings. The molecule has 0 aliphatic carbocycles. The van der Waals surface area contributed by atoms with Crippen molar-refractivity contribution >= 4 is 0 Å². The minimum absolute atomic E-state index is 0.342. The van der Waals surface area contributed by atoms with E-state index in [1.807, 2.05) is 0 Å². The van der Waals surface area contributed by atoms with E-state index in [1.54, 1.807) is 0 Å². The van der Waals surface area contributed by atoms with Gasteiger partial charge < -0.3 is 15.5 Å². The van der Waals surface area contributed by atoms with E-state index in [-0.39, 0.29) is 0 Å². The van der Waals surface area contributed by atoms with Crippen LogP contribution in [0, 0.1) is 5.92 Å². The lowest BCUT2D eigenvalue weighted by molar-refractivity contribution is 0.100. The third-order valence-corrected chi connectivity index (χ3v) is 3.38. The van der Waals surface area contributed by atoms with E-state index in [0.717, 1.165) is 13.0 Å². The van der Waals surface area contributed by atoms with Crippen molar-refractivity contribution in [3.63, 3.8) is 0 Å². The molecular weight excluding hydrogens is 174 g/mol. The van der Waals surface area contributed by atoms with E-state index < -0.39 is 0 Å². The van der Waals surface area contributed by atoms with Crippen molar-refractivity contribution in [2.75, 3.05) is 33.7 Å². The van der Waals surface area contributed by atoms with Gasteiger partial charge >= 0.3 is 0 Å². The van der Waals surface area contributed by atoms with Crippen LogP contribution in [0.5, 0.6) is 0 Å². The average Bonchev–Trinajstić information content (AvgIpc) is 2.11. The highest BCUT2D eigenvalue weighted by Crippen LogP contribution is 2.14. The summed E-state index contributed by atoms with van der Waals surface area (Å²) < 4.78 is 0. The summed E-state index contributed by atoms with van der Waals surface area (Å²) in [6, 6.07) is 0.986. The van der Waals surface area contributed by atoms with Crippen molar-refractivity contribution in [1.82, 2.24) is 9.80 Å². The first-order valence-corrected chi connectivity index (χ1v) is 5.65. The zero-order valence-electron chi connectivity index (χ0n) is 10.0. The van der Waals surface area contributed by atoms with E-state index in [2.05, 4.69) is 37.7 Å². The molecule has 1 saturated heterocycles. The smallest absolute Gasteiger partial charge is 0.0235 e. The Labute approximate surface area is 88.2 Å². The first kappa shape index (κ1) is 12.0. The van der Waals surface area contributed by atoms with Crippen LogP contribution >= 0.6 is 0 Å². The van der Waals surface area contributed by atoms with E-state index in [1.165, 1.54) is 13.1 Å². The second-order valence-corrected chi connectivity index (χ2v) is 5.04. The highest BCUT2D eigenvalue weighted by Gasteiger charge is 2.24. The minimum atomic E-state index is 0.342. The summed E-state index contributed by atoms with van der Waals surface area (Å²) in [6.07, 6.45) is 1.12. The summed E-state index contributed by atoms with van der Waals surface area (Å²) in [7, 11) is 4.41. The molecule has 3 heteroatoms. The van der Waals surface area contributed by atoms with E-state index in [0.29, 0.717) is 18.0 Å². The first-order valence-electron chi connectivity index (χ1n) is 5.65. The fourth-order valence-electron chi connectivity index (χ4n) is 1.94. The molecule has 2 N–H and O–H groups in total. The summed E-state index contributed by atoms with van der Waals surface area (Å²) in [5.74, 6) is 0.593. The monoisotopic (exact) mass is 199 g/mol. The third-order valence-electron chi connectivity index (χ3n) is 3.38. The number of nitrogens with two attached hydrogens (primary N) is 1. The quantitative estimate of drug-likeness (QED) is 0.723. The zero-order chi connectivity index (χ0) is 10.7. The minimum Gasteiger partial charge on any atom is -0.327 e. The molecule has 1 rings (SSSR count). The van der Waals surface area contributed by atoms with E-state index in [9.17, 15) is 0 Å². The number of hydrogen-bond donors (Lipinski definition) is 1. The molecule has 0 aromatic carbocycles. The van der Waals surface area contributed by atoms with Gasteiger partial charge in [-0.05, 0) is 26.4 Å². The Hall–Kier alpha value is -0.120. The van der Waals surface area contributed by atoms with Crippen molar-refractivity contribution in [3.05, 3.63) is 0 Å². The van der Waals surface area contributed by atoms with Crippen LogP contribution in [0.4, 0.5) is 0 Å². The van der Waals surface area contributed by atoms with Crippen molar-refractivity contribution in [2.24, 2.45) is 11.7 Å². The van der Waals surface area contributed by atoms with Crippen LogP contribution in [0.2, 0.25) is 0 Å². The molecule has 1 heterocycles. The SMILES string of the molecule is CC(C)C(N)CC1CN(C)CCN1C. The molecule has 0 radical (unpaired) electrons. The second kappa shape index (κ2) is 5.10. The molecule has 2 unspecified atom stereocenters.